The average molecular weight is 1130 g/mol. The zero-order chi connectivity index (χ0) is 49.2. The third kappa shape index (κ3) is 9.42. The van der Waals surface area contributed by atoms with Gasteiger partial charge in [-0.15, -0.1) is 30.3 Å². The molecule has 2 aliphatic rings. The van der Waals surface area contributed by atoms with Crippen LogP contribution < -0.4 is 20.0 Å². The van der Waals surface area contributed by atoms with Gasteiger partial charge in [-0.2, -0.15) is 6.07 Å². The molecule has 72 heavy (non-hydrogen) atoms. The molecule has 0 spiro atoms. The molecular weight excluding hydrogens is 1070 g/mol. The van der Waals surface area contributed by atoms with E-state index in [1.165, 1.54) is 5.56 Å². The number of para-hydroxylation sites is 3. The fourth-order valence-corrected chi connectivity index (χ4v) is 9.45. The van der Waals surface area contributed by atoms with Gasteiger partial charge in [-0.05, 0) is 80.2 Å². The Morgan fingerprint density at radius 1 is 0.583 bits per heavy atom. The summed E-state index contributed by atoms with van der Waals surface area (Å²) in [7, 11) is -1.76. The summed E-state index contributed by atoms with van der Waals surface area (Å²) in [5.74, 6) is 1.79. The molecule has 0 amide bonds. The van der Waals surface area contributed by atoms with Gasteiger partial charge in [0, 0.05) is 72.4 Å². The van der Waals surface area contributed by atoms with E-state index < -0.39 is 21.4 Å². The molecule has 9 aromatic rings. The molecule has 0 saturated carbocycles. The second kappa shape index (κ2) is 19.2. The molecule has 0 atom stereocenters. The number of fused-ring (bicyclic) bond motifs is 4. The van der Waals surface area contributed by atoms with Crippen LogP contribution in [0.15, 0.2) is 164 Å². The Morgan fingerprint density at radius 3 is 1.93 bits per heavy atom. The van der Waals surface area contributed by atoms with Crippen molar-refractivity contribution >= 4 is 71.4 Å². The molecule has 9 nitrogen and oxygen atoms in total. The van der Waals surface area contributed by atoms with Crippen LogP contribution in [0.25, 0.3) is 49.9 Å². The Kier molecular flexibility index (Phi) is 13.1. The fraction of sp³-hybridized carbons (Fsp3) is 0.203. The molecule has 5 heterocycles. The van der Waals surface area contributed by atoms with Crippen molar-refractivity contribution < 1.29 is 39.5 Å². The largest absolute Gasteiger partial charge is 0.508 e. The summed E-state index contributed by atoms with van der Waals surface area (Å²) in [5.41, 5.74) is 11.8. The van der Waals surface area contributed by atoms with Gasteiger partial charge in [0.05, 0.1) is 0 Å². The summed E-state index contributed by atoms with van der Waals surface area (Å²) in [6.07, 6.45) is 5.39. The van der Waals surface area contributed by atoms with Crippen LogP contribution in [-0.4, -0.2) is 35.9 Å². The number of benzene rings is 6. The average Bonchev–Trinajstić information content (AvgIpc) is 3.91. The predicted octanol–water partition coefficient (Wildman–Crippen LogP) is 14.3. The van der Waals surface area contributed by atoms with Crippen LogP contribution in [0.3, 0.4) is 0 Å². The van der Waals surface area contributed by atoms with Gasteiger partial charge in [0.2, 0.25) is 0 Å². The molecule has 6 aromatic carbocycles. The van der Waals surface area contributed by atoms with Gasteiger partial charge in [0.1, 0.15) is 5.82 Å². The van der Waals surface area contributed by atoms with Crippen molar-refractivity contribution in [3.63, 3.8) is 0 Å². The van der Waals surface area contributed by atoms with Crippen LogP contribution in [0, 0.1) is 18.8 Å². The summed E-state index contributed by atoms with van der Waals surface area (Å²) in [6, 6.07) is 57.8. The van der Waals surface area contributed by atoms with E-state index in [2.05, 4.69) is 217 Å². The second-order valence-corrected chi connectivity index (χ2v) is 21.6. The van der Waals surface area contributed by atoms with Crippen molar-refractivity contribution in [3.8, 4) is 39.6 Å². The number of hydrogen-bond donors (Lipinski definition) is 0. The van der Waals surface area contributed by atoms with E-state index in [-0.39, 0.29) is 37.1 Å². The third-order valence-corrected chi connectivity index (χ3v) is 13.2. The summed E-state index contributed by atoms with van der Waals surface area (Å²) >= 11 is 0. The van der Waals surface area contributed by atoms with Gasteiger partial charge >= 0.3 is 21.4 Å². The van der Waals surface area contributed by atoms with Crippen LogP contribution in [0.1, 0.15) is 67.9 Å². The zero-order valence-corrected chi connectivity index (χ0v) is 44.4. The van der Waals surface area contributed by atoms with E-state index >= 15 is 0 Å². The molecule has 3 aromatic heterocycles. The first-order chi connectivity index (χ1) is 34.1. The van der Waals surface area contributed by atoms with Gasteiger partial charge in [-0.3, -0.25) is 0 Å². The van der Waals surface area contributed by atoms with Crippen LogP contribution >= 0.6 is 0 Å². The van der Waals surface area contributed by atoms with E-state index in [1.807, 2.05) is 36.7 Å². The van der Waals surface area contributed by atoms with E-state index in [9.17, 15) is 0 Å². The van der Waals surface area contributed by atoms with Crippen LogP contribution in [0.4, 0.5) is 22.7 Å². The Labute approximate surface area is 439 Å². The molecule has 0 bridgehead atoms. The van der Waals surface area contributed by atoms with Crippen LogP contribution in [0.5, 0.6) is 11.5 Å². The number of nitrogens with zero attached hydrogens (tertiary/aromatic N) is 5. The topological polar surface area (TPSA) is 74.1 Å². The normalized spacial score (nSPS) is 14.3. The number of ether oxygens (including phenoxy) is 1. The summed E-state index contributed by atoms with van der Waals surface area (Å²) in [6.45, 7) is 21.6. The Bertz CT molecular complexity index is 3410. The Balaban J connectivity index is 0.00000596. The van der Waals surface area contributed by atoms with Gasteiger partial charge in [0.15, 0.2) is 0 Å². The van der Waals surface area contributed by atoms with E-state index in [1.54, 1.807) is 6.20 Å². The zero-order valence-electron chi connectivity index (χ0n) is 42.1. The number of pyridine rings is 2. The van der Waals surface area contributed by atoms with Crippen molar-refractivity contribution in [1.29, 1.82) is 0 Å². The van der Waals surface area contributed by atoms with E-state index in [0.29, 0.717) is 17.2 Å². The molecule has 13 heteroatoms. The summed E-state index contributed by atoms with van der Waals surface area (Å²) in [5, 5.41) is 1.52. The molecule has 1 saturated heterocycles. The molecule has 2 aliphatic heterocycles. The minimum absolute atomic E-state index is 0. The summed E-state index contributed by atoms with van der Waals surface area (Å²) in [4.78, 5) is 14.0. The minimum atomic E-state index is -0.730. The monoisotopic (exact) mass is 1130 g/mol. The van der Waals surface area contributed by atoms with Crippen molar-refractivity contribution in [2.75, 3.05) is 9.80 Å². The summed E-state index contributed by atoms with van der Waals surface area (Å²) < 4.78 is 29.0. The molecule has 0 N–H and O–H groups in total. The Hall–Kier alpha value is -6.42. The van der Waals surface area contributed by atoms with Crippen molar-refractivity contribution in [1.82, 2.24) is 14.5 Å². The maximum Gasteiger partial charge on any atom is 0.468 e. The Morgan fingerprint density at radius 2 is 1.25 bits per heavy atom. The first-order valence-electron chi connectivity index (χ1n) is 24.3. The van der Waals surface area contributed by atoms with Crippen molar-refractivity contribution in [2.24, 2.45) is 0 Å². The smallest absolute Gasteiger partial charge is 0.468 e. The molecular formula is C59H55B3N5O4Pt-3. The van der Waals surface area contributed by atoms with Crippen molar-refractivity contribution in [2.45, 2.75) is 78.4 Å². The molecule has 11 rings (SSSR count). The first-order valence-corrected chi connectivity index (χ1v) is 24.3. The van der Waals surface area contributed by atoms with Gasteiger partial charge in [-0.25, -0.2) is 4.98 Å². The predicted molar refractivity (Wildman–Crippen MR) is 291 cm³/mol. The van der Waals surface area contributed by atoms with E-state index in [0.717, 1.165) is 72.4 Å². The number of hydrogen-bond acceptors (Lipinski definition) is 8. The standard InChI is InChI=1S/C59H55B3N5O4.Pt/c1-57(2,3)43-31-32-64-55(34-43)67-51-30-27-42(40-19-12-10-13-20-40)33-49(51)48-29-28-45(36-54(48)67)68-46-35-44(37-63-38-46)65-39-66(53-26-17-16-25-52(53)65)56-47(41-21-14-11-15-22-41)23-18-24-50(56)60-69-61(58(4,5)6)71-62(70-60)59(7,8)9;/h10-34,37-39H,1-9H3;/q-3;. The van der Waals surface area contributed by atoms with Gasteiger partial charge in [-0.1, -0.05) is 183 Å². The van der Waals surface area contributed by atoms with E-state index in [4.69, 9.17) is 28.4 Å². The van der Waals surface area contributed by atoms with Crippen LogP contribution in [0.2, 0.25) is 10.6 Å². The molecule has 1 fully saturated rings. The number of aromatic nitrogens is 3. The van der Waals surface area contributed by atoms with Crippen molar-refractivity contribution in [3.05, 3.63) is 189 Å². The molecule has 0 radical (unpaired) electrons. The molecule has 362 valence electrons. The van der Waals surface area contributed by atoms with Crippen LogP contribution in [-0.2, 0) is 40.2 Å². The third-order valence-electron chi connectivity index (χ3n) is 13.2. The van der Waals surface area contributed by atoms with Gasteiger partial charge < -0.3 is 37.8 Å². The second-order valence-electron chi connectivity index (χ2n) is 21.6. The minimum Gasteiger partial charge on any atom is -0.508 e. The fourth-order valence-electron chi connectivity index (χ4n) is 9.45. The number of anilines is 4. The quantitative estimate of drug-likeness (QED) is 0.110. The van der Waals surface area contributed by atoms with Gasteiger partial charge in [0.25, 0.3) is 0 Å². The molecule has 0 unspecified atom stereocenters. The SMILES string of the molecule is CC(C)(C)B1OB(c2cccc(-c3ccccc3)c2N2[CH-]N(c3[c-]c(Oc4[c-]c5c(cc4)c4cc(-c6ccccc6)ccc4n5-c4cc(C(C)(C)C)ccn4)cnc3)c3ccccc32)OB(C(C)(C)C)O1.[Pt]. The maximum atomic E-state index is 6.80. The molecule has 0 aliphatic carbocycles. The number of rotatable bonds is 8. The first kappa shape index (κ1) is 49.2. The maximum absolute atomic E-state index is 6.80.